The summed E-state index contributed by atoms with van der Waals surface area (Å²) < 4.78 is 5.71. The lowest BCUT2D eigenvalue weighted by molar-refractivity contribution is 0.0816. The van der Waals surface area contributed by atoms with Crippen molar-refractivity contribution in [1.29, 1.82) is 0 Å². The molecule has 0 aliphatic rings. The minimum atomic E-state index is -0.527. The van der Waals surface area contributed by atoms with E-state index >= 15 is 0 Å². The first-order valence-corrected chi connectivity index (χ1v) is 6.80. The van der Waals surface area contributed by atoms with Gasteiger partial charge in [0.1, 0.15) is 11.4 Å². The van der Waals surface area contributed by atoms with Crippen molar-refractivity contribution in [3.8, 4) is 5.75 Å². The average molecular weight is 282 g/mol. The maximum absolute atomic E-state index is 12.3. The molecule has 108 valence electrons. The number of carbonyl (C=O) groups is 2. The summed E-state index contributed by atoms with van der Waals surface area (Å²) in [6, 6.07) is 15.3. The van der Waals surface area contributed by atoms with Gasteiger partial charge in [-0.05, 0) is 32.9 Å². The Balaban J connectivity index is 2.24. The van der Waals surface area contributed by atoms with E-state index in [0.29, 0.717) is 16.9 Å². The van der Waals surface area contributed by atoms with Crippen LogP contribution in [0.1, 0.15) is 41.5 Å². The van der Waals surface area contributed by atoms with Gasteiger partial charge in [0, 0.05) is 11.1 Å². The molecule has 0 amide bonds. The number of Topliss-reactive ketones (excluding diaryl/α,β-unsaturated/α-hetero) is 2. The predicted octanol–water partition coefficient (Wildman–Crippen LogP) is 3.93. The van der Waals surface area contributed by atoms with E-state index in [1.54, 1.807) is 54.6 Å². The van der Waals surface area contributed by atoms with E-state index < -0.39 is 11.6 Å². The molecule has 0 heterocycles. The summed E-state index contributed by atoms with van der Waals surface area (Å²) in [5, 5.41) is 0. The van der Waals surface area contributed by atoms with Crippen molar-refractivity contribution in [3.63, 3.8) is 0 Å². The van der Waals surface area contributed by atoms with Crippen LogP contribution in [0.3, 0.4) is 0 Å². The summed E-state index contributed by atoms with van der Waals surface area (Å²) in [6.07, 6.45) is 0. The van der Waals surface area contributed by atoms with Crippen LogP contribution in [0.5, 0.6) is 5.75 Å². The summed E-state index contributed by atoms with van der Waals surface area (Å²) in [4.78, 5) is 24.4. The number of benzene rings is 2. The van der Waals surface area contributed by atoms with Crippen LogP contribution in [0.4, 0.5) is 0 Å². The van der Waals surface area contributed by atoms with E-state index in [0.717, 1.165) is 0 Å². The third kappa shape index (κ3) is 4.02. The summed E-state index contributed by atoms with van der Waals surface area (Å²) in [6.45, 7) is 5.78. The molecule has 0 saturated carbocycles. The predicted molar refractivity (Wildman–Crippen MR) is 81.9 cm³/mol. The maximum atomic E-state index is 12.3. The van der Waals surface area contributed by atoms with E-state index in [1.165, 1.54) is 0 Å². The molecule has 2 aromatic carbocycles. The summed E-state index contributed by atoms with van der Waals surface area (Å²) >= 11 is 0. The molecule has 0 radical (unpaired) electrons. The Hall–Kier alpha value is -2.42. The molecule has 2 aromatic rings. The highest BCUT2D eigenvalue weighted by Gasteiger charge is 2.19. The van der Waals surface area contributed by atoms with Crippen molar-refractivity contribution in [2.45, 2.75) is 26.4 Å². The Labute approximate surface area is 124 Å². The molecule has 0 atom stereocenters. The number of ether oxygens (including phenoxy) is 1. The van der Waals surface area contributed by atoms with Gasteiger partial charge in [-0.2, -0.15) is 0 Å². The zero-order valence-electron chi connectivity index (χ0n) is 12.4. The van der Waals surface area contributed by atoms with Gasteiger partial charge in [0.25, 0.3) is 0 Å². The van der Waals surface area contributed by atoms with Gasteiger partial charge in [0.05, 0.1) is 0 Å². The molecule has 0 saturated heterocycles. The molecule has 0 unspecified atom stereocenters. The van der Waals surface area contributed by atoms with Crippen LogP contribution < -0.4 is 4.74 Å². The van der Waals surface area contributed by atoms with Crippen LogP contribution in [0.2, 0.25) is 0 Å². The molecule has 3 nitrogen and oxygen atoms in total. The molecule has 0 aliphatic carbocycles. The summed E-state index contributed by atoms with van der Waals surface area (Å²) in [5.74, 6) is -0.460. The van der Waals surface area contributed by atoms with Crippen LogP contribution >= 0.6 is 0 Å². The first-order chi connectivity index (χ1) is 9.87. The summed E-state index contributed by atoms with van der Waals surface area (Å²) in [7, 11) is 0. The van der Waals surface area contributed by atoms with Gasteiger partial charge in [-0.15, -0.1) is 0 Å². The van der Waals surface area contributed by atoms with Crippen molar-refractivity contribution in [1.82, 2.24) is 0 Å². The van der Waals surface area contributed by atoms with E-state index in [4.69, 9.17) is 4.74 Å². The monoisotopic (exact) mass is 282 g/mol. The lowest BCUT2D eigenvalue weighted by Crippen LogP contribution is -2.23. The van der Waals surface area contributed by atoms with Gasteiger partial charge < -0.3 is 4.74 Å². The van der Waals surface area contributed by atoms with Gasteiger partial charge in [0.2, 0.25) is 11.6 Å². The zero-order valence-corrected chi connectivity index (χ0v) is 12.4. The third-order valence-corrected chi connectivity index (χ3v) is 2.76. The molecule has 21 heavy (non-hydrogen) atoms. The lowest BCUT2D eigenvalue weighted by Gasteiger charge is -2.21. The molecular formula is C18H18O3. The van der Waals surface area contributed by atoms with Gasteiger partial charge in [-0.3, -0.25) is 9.59 Å². The minimum absolute atomic E-state index is 0.339. The number of ketones is 2. The molecule has 3 heteroatoms. The van der Waals surface area contributed by atoms with Crippen LogP contribution in [-0.2, 0) is 0 Å². The molecule has 0 fully saturated rings. The Bertz CT molecular complexity index is 652. The zero-order chi connectivity index (χ0) is 15.5. The van der Waals surface area contributed by atoms with Crippen molar-refractivity contribution < 1.29 is 14.3 Å². The Morgan fingerprint density at radius 1 is 0.810 bits per heavy atom. The molecule has 0 aromatic heterocycles. The SMILES string of the molecule is CC(C)(C)Oc1cccc(C(=O)C(=O)c2ccccc2)c1. The van der Waals surface area contributed by atoms with Crippen LogP contribution in [-0.4, -0.2) is 17.2 Å². The molecule has 0 N–H and O–H groups in total. The lowest BCUT2D eigenvalue weighted by atomic mass is 10.0. The van der Waals surface area contributed by atoms with Crippen molar-refractivity contribution in [3.05, 3.63) is 65.7 Å². The van der Waals surface area contributed by atoms with E-state index in [-0.39, 0.29) is 5.60 Å². The molecule has 0 bridgehead atoms. The highest BCUT2D eigenvalue weighted by molar-refractivity contribution is 6.49. The van der Waals surface area contributed by atoms with Crippen LogP contribution in [0, 0.1) is 0 Å². The number of rotatable bonds is 4. The van der Waals surface area contributed by atoms with Gasteiger partial charge in [-0.25, -0.2) is 0 Å². The second kappa shape index (κ2) is 5.92. The van der Waals surface area contributed by atoms with Crippen molar-refractivity contribution >= 4 is 11.6 Å². The molecule has 0 aliphatic heterocycles. The first-order valence-electron chi connectivity index (χ1n) is 6.80. The maximum Gasteiger partial charge on any atom is 0.233 e. The molecule has 2 rings (SSSR count). The fraction of sp³-hybridized carbons (Fsp3) is 0.222. The minimum Gasteiger partial charge on any atom is -0.488 e. The standard InChI is InChI=1S/C18H18O3/c1-18(2,3)21-15-11-7-10-14(12-15)17(20)16(19)13-8-5-4-6-9-13/h4-12H,1-3H3. The Kier molecular flexibility index (Phi) is 4.22. The fourth-order valence-corrected chi connectivity index (χ4v) is 1.91. The highest BCUT2D eigenvalue weighted by Crippen LogP contribution is 2.20. The van der Waals surface area contributed by atoms with E-state index in [2.05, 4.69) is 0 Å². The van der Waals surface area contributed by atoms with Gasteiger partial charge >= 0.3 is 0 Å². The van der Waals surface area contributed by atoms with E-state index in [9.17, 15) is 9.59 Å². The quantitative estimate of drug-likeness (QED) is 0.630. The Morgan fingerprint density at radius 2 is 1.38 bits per heavy atom. The fourth-order valence-electron chi connectivity index (χ4n) is 1.91. The summed E-state index contributed by atoms with van der Waals surface area (Å²) in [5.41, 5.74) is 0.376. The van der Waals surface area contributed by atoms with Crippen LogP contribution in [0.15, 0.2) is 54.6 Å². The largest absolute Gasteiger partial charge is 0.488 e. The number of carbonyl (C=O) groups excluding carboxylic acids is 2. The molecule has 0 spiro atoms. The average Bonchev–Trinajstić information content (AvgIpc) is 2.45. The van der Waals surface area contributed by atoms with Crippen molar-refractivity contribution in [2.75, 3.05) is 0 Å². The topological polar surface area (TPSA) is 43.4 Å². The third-order valence-electron chi connectivity index (χ3n) is 2.76. The number of hydrogen-bond acceptors (Lipinski definition) is 3. The second-order valence-corrected chi connectivity index (χ2v) is 5.77. The van der Waals surface area contributed by atoms with Crippen LogP contribution in [0.25, 0.3) is 0 Å². The highest BCUT2D eigenvalue weighted by atomic mass is 16.5. The number of hydrogen-bond donors (Lipinski definition) is 0. The van der Waals surface area contributed by atoms with Gasteiger partial charge in [0.15, 0.2) is 0 Å². The van der Waals surface area contributed by atoms with E-state index in [1.807, 2.05) is 20.8 Å². The molecular weight excluding hydrogens is 264 g/mol. The second-order valence-electron chi connectivity index (χ2n) is 5.77. The smallest absolute Gasteiger partial charge is 0.233 e. The normalized spacial score (nSPS) is 11.0. The Morgan fingerprint density at radius 3 is 2.00 bits per heavy atom. The van der Waals surface area contributed by atoms with Gasteiger partial charge in [-0.1, -0.05) is 42.5 Å². The first kappa shape index (κ1) is 15.0. The van der Waals surface area contributed by atoms with Crippen molar-refractivity contribution in [2.24, 2.45) is 0 Å².